The summed E-state index contributed by atoms with van der Waals surface area (Å²) in [7, 11) is 3.24. The standard InChI is InChI=1S/C30H42N4O4/c1-21-16-26(11-8-25(21)20-34-15-14-31-22(2)19-34)33(3)29(35)24-9-12-27(13-10-24)38-28-7-5-6-23(17-28)18-32-30(36)37-4/h5-8,11,16-17,22,24,27,31H,9-10,12-15,18-20H2,1-4H3,(H,32,36)/t22-,24?,27?/m0/s1. The van der Waals surface area contributed by atoms with Crippen LogP contribution in [-0.2, 0) is 22.6 Å². The van der Waals surface area contributed by atoms with Crippen molar-refractivity contribution in [3.63, 3.8) is 0 Å². The molecule has 8 nitrogen and oxygen atoms in total. The van der Waals surface area contributed by atoms with Gasteiger partial charge in [-0.25, -0.2) is 4.79 Å². The number of nitrogens with zero attached hydrogens (tertiary/aromatic N) is 2. The molecule has 0 aromatic heterocycles. The van der Waals surface area contributed by atoms with Crippen molar-refractivity contribution in [1.82, 2.24) is 15.5 Å². The topological polar surface area (TPSA) is 83.1 Å². The number of alkyl carbamates (subject to hydrolysis) is 1. The first kappa shape index (κ1) is 27.9. The summed E-state index contributed by atoms with van der Waals surface area (Å²) in [5.41, 5.74) is 4.46. The predicted molar refractivity (Wildman–Crippen MR) is 149 cm³/mol. The molecule has 0 spiro atoms. The van der Waals surface area contributed by atoms with Crippen molar-refractivity contribution in [1.29, 1.82) is 0 Å². The van der Waals surface area contributed by atoms with Gasteiger partial charge in [-0.3, -0.25) is 9.69 Å². The number of benzene rings is 2. The number of amides is 2. The highest BCUT2D eigenvalue weighted by Crippen LogP contribution is 2.31. The maximum Gasteiger partial charge on any atom is 0.407 e. The van der Waals surface area contributed by atoms with Crippen LogP contribution in [0.5, 0.6) is 5.75 Å². The number of carbonyl (C=O) groups excluding carboxylic acids is 2. The van der Waals surface area contributed by atoms with Gasteiger partial charge in [0, 0.05) is 57.4 Å². The number of rotatable bonds is 8. The number of aryl methyl sites for hydroxylation is 1. The molecule has 38 heavy (non-hydrogen) atoms. The molecule has 4 rings (SSSR count). The molecule has 2 aromatic rings. The average molecular weight is 523 g/mol. The molecule has 2 amide bonds. The summed E-state index contributed by atoms with van der Waals surface area (Å²) in [5, 5.41) is 6.18. The van der Waals surface area contributed by atoms with E-state index in [9.17, 15) is 9.59 Å². The quantitative estimate of drug-likeness (QED) is 0.540. The van der Waals surface area contributed by atoms with Crippen molar-refractivity contribution in [2.75, 3.05) is 38.7 Å². The van der Waals surface area contributed by atoms with Gasteiger partial charge < -0.3 is 25.0 Å². The number of nitrogens with one attached hydrogen (secondary N) is 2. The summed E-state index contributed by atoms with van der Waals surface area (Å²) in [6.45, 7) is 8.86. The van der Waals surface area contributed by atoms with Gasteiger partial charge in [0.15, 0.2) is 0 Å². The Morgan fingerprint density at radius 3 is 2.63 bits per heavy atom. The van der Waals surface area contributed by atoms with E-state index in [0.29, 0.717) is 12.6 Å². The highest BCUT2D eigenvalue weighted by atomic mass is 16.5. The third-order valence-electron chi connectivity index (χ3n) is 7.74. The molecule has 2 aliphatic rings. The summed E-state index contributed by atoms with van der Waals surface area (Å²) in [6.07, 6.45) is 2.94. The Hall–Kier alpha value is -3.10. The molecule has 2 N–H and O–H groups in total. The summed E-state index contributed by atoms with van der Waals surface area (Å²) < 4.78 is 10.8. The lowest BCUT2D eigenvalue weighted by atomic mass is 9.86. The first-order chi connectivity index (χ1) is 18.3. The largest absolute Gasteiger partial charge is 0.490 e. The first-order valence-electron chi connectivity index (χ1n) is 13.7. The number of anilines is 1. The molecule has 2 fully saturated rings. The predicted octanol–water partition coefficient (Wildman–Crippen LogP) is 4.25. The monoisotopic (exact) mass is 522 g/mol. The van der Waals surface area contributed by atoms with Crippen LogP contribution >= 0.6 is 0 Å². The van der Waals surface area contributed by atoms with Crippen molar-refractivity contribution in [3.05, 3.63) is 59.2 Å². The number of hydrogen-bond donors (Lipinski definition) is 2. The number of ether oxygens (including phenoxy) is 2. The molecule has 1 saturated carbocycles. The Balaban J connectivity index is 1.27. The van der Waals surface area contributed by atoms with E-state index in [0.717, 1.165) is 68.9 Å². The van der Waals surface area contributed by atoms with Gasteiger partial charge in [0.1, 0.15) is 5.75 Å². The molecule has 1 saturated heterocycles. The summed E-state index contributed by atoms with van der Waals surface area (Å²) in [6, 6.07) is 14.7. The van der Waals surface area contributed by atoms with Gasteiger partial charge in [0.05, 0.1) is 13.2 Å². The normalized spacial score (nSPS) is 21.9. The molecule has 1 atom stereocenters. The van der Waals surface area contributed by atoms with E-state index in [1.54, 1.807) is 0 Å². The lowest BCUT2D eigenvalue weighted by Crippen LogP contribution is -2.48. The zero-order valence-corrected chi connectivity index (χ0v) is 23.2. The van der Waals surface area contributed by atoms with E-state index in [4.69, 9.17) is 4.74 Å². The second kappa shape index (κ2) is 13.1. The number of hydrogen-bond acceptors (Lipinski definition) is 6. The highest BCUT2D eigenvalue weighted by Gasteiger charge is 2.30. The number of methoxy groups -OCH3 is 1. The lowest BCUT2D eigenvalue weighted by Gasteiger charge is -2.32. The van der Waals surface area contributed by atoms with Gasteiger partial charge in [-0.05, 0) is 80.5 Å². The van der Waals surface area contributed by atoms with Gasteiger partial charge in [-0.15, -0.1) is 0 Å². The smallest absolute Gasteiger partial charge is 0.407 e. The highest BCUT2D eigenvalue weighted by molar-refractivity contribution is 5.94. The molecule has 0 bridgehead atoms. The van der Waals surface area contributed by atoms with E-state index in [2.05, 4.69) is 52.3 Å². The second-order valence-electron chi connectivity index (χ2n) is 10.7. The Labute approximate surface area is 226 Å². The minimum atomic E-state index is -0.458. The van der Waals surface area contributed by atoms with E-state index >= 15 is 0 Å². The number of piperazine rings is 1. The van der Waals surface area contributed by atoms with Gasteiger partial charge in [0.25, 0.3) is 0 Å². The van der Waals surface area contributed by atoms with Crippen LogP contribution < -0.4 is 20.3 Å². The summed E-state index contributed by atoms with van der Waals surface area (Å²) >= 11 is 0. The molecule has 0 unspecified atom stereocenters. The molecule has 1 heterocycles. The Bertz CT molecular complexity index is 1100. The van der Waals surface area contributed by atoms with Crippen LogP contribution in [0.3, 0.4) is 0 Å². The van der Waals surface area contributed by atoms with E-state index in [1.807, 2.05) is 36.2 Å². The van der Waals surface area contributed by atoms with Crippen LogP contribution in [-0.4, -0.2) is 62.8 Å². The fourth-order valence-electron chi connectivity index (χ4n) is 5.46. The molecule has 0 radical (unpaired) electrons. The Morgan fingerprint density at radius 1 is 1.13 bits per heavy atom. The zero-order chi connectivity index (χ0) is 27.1. The van der Waals surface area contributed by atoms with Gasteiger partial charge in [-0.1, -0.05) is 18.2 Å². The molecular formula is C30H42N4O4. The summed E-state index contributed by atoms with van der Waals surface area (Å²) in [5.74, 6) is 0.979. The minimum absolute atomic E-state index is 0.0118. The van der Waals surface area contributed by atoms with Crippen molar-refractivity contribution < 1.29 is 19.1 Å². The third-order valence-corrected chi connectivity index (χ3v) is 7.74. The van der Waals surface area contributed by atoms with Crippen LogP contribution in [0.15, 0.2) is 42.5 Å². The average Bonchev–Trinajstić information content (AvgIpc) is 2.92. The van der Waals surface area contributed by atoms with E-state index < -0.39 is 6.09 Å². The van der Waals surface area contributed by atoms with Gasteiger partial charge in [0.2, 0.25) is 5.91 Å². The second-order valence-corrected chi connectivity index (χ2v) is 10.7. The Morgan fingerprint density at radius 2 is 1.92 bits per heavy atom. The van der Waals surface area contributed by atoms with Crippen molar-refractivity contribution >= 4 is 17.7 Å². The zero-order valence-electron chi connectivity index (χ0n) is 23.2. The molecule has 1 aliphatic heterocycles. The fraction of sp³-hybridized carbons (Fsp3) is 0.533. The molecule has 1 aliphatic carbocycles. The SMILES string of the molecule is COC(=O)NCc1cccc(OC2CCC(C(=O)N(C)c3ccc(CN4CCN[C@@H](C)C4)c(C)c3)CC2)c1. The molecular weight excluding hydrogens is 480 g/mol. The minimum Gasteiger partial charge on any atom is -0.490 e. The number of carbonyl (C=O) groups is 2. The van der Waals surface area contributed by atoms with Crippen LogP contribution in [0.4, 0.5) is 10.5 Å². The van der Waals surface area contributed by atoms with Crippen LogP contribution in [0.1, 0.15) is 49.3 Å². The van der Waals surface area contributed by atoms with E-state index in [-0.39, 0.29) is 17.9 Å². The maximum atomic E-state index is 13.3. The van der Waals surface area contributed by atoms with Crippen LogP contribution in [0.2, 0.25) is 0 Å². The molecule has 206 valence electrons. The van der Waals surface area contributed by atoms with Gasteiger partial charge in [-0.2, -0.15) is 0 Å². The molecule has 2 aromatic carbocycles. The van der Waals surface area contributed by atoms with Crippen LogP contribution in [0, 0.1) is 12.8 Å². The Kier molecular flexibility index (Phi) is 9.63. The fourth-order valence-corrected chi connectivity index (χ4v) is 5.46. The lowest BCUT2D eigenvalue weighted by molar-refractivity contribution is -0.123. The van der Waals surface area contributed by atoms with Crippen molar-refractivity contribution in [3.8, 4) is 5.75 Å². The summed E-state index contributed by atoms with van der Waals surface area (Å²) in [4.78, 5) is 29.0. The first-order valence-corrected chi connectivity index (χ1v) is 13.7. The maximum absolute atomic E-state index is 13.3. The van der Waals surface area contributed by atoms with Crippen LogP contribution in [0.25, 0.3) is 0 Å². The van der Waals surface area contributed by atoms with Crippen molar-refractivity contribution in [2.24, 2.45) is 5.92 Å². The van der Waals surface area contributed by atoms with Crippen molar-refractivity contribution in [2.45, 2.75) is 64.8 Å². The van der Waals surface area contributed by atoms with Gasteiger partial charge >= 0.3 is 6.09 Å². The molecule has 8 heteroatoms. The van der Waals surface area contributed by atoms with E-state index in [1.165, 1.54) is 18.2 Å². The third kappa shape index (κ3) is 7.48.